The summed E-state index contributed by atoms with van der Waals surface area (Å²) in [6.07, 6.45) is 6.06. The van der Waals surface area contributed by atoms with Crippen molar-refractivity contribution in [3.63, 3.8) is 0 Å². The lowest BCUT2D eigenvalue weighted by Crippen LogP contribution is -2.60. The fraction of sp³-hybridized carbons (Fsp3) is 0.667. The van der Waals surface area contributed by atoms with Crippen molar-refractivity contribution in [2.45, 2.75) is 124 Å². The third-order valence-electron chi connectivity index (χ3n) is 9.34. The van der Waals surface area contributed by atoms with Crippen LogP contribution in [0, 0.1) is 11.3 Å². The minimum atomic E-state index is -0.732. The highest BCUT2D eigenvalue weighted by atomic mass is 79.9. The first-order valence-electron chi connectivity index (χ1n) is 16.9. The van der Waals surface area contributed by atoms with Gasteiger partial charge in [0.1, 0.15) is 12.1 Å². The van der Waals surface area contributed by atoms with E-state index in [0.29, 0.717) is 25.1 Å². The van der Waals surface area contributed by atoms with Crippen LogP contribution in [-0.2, 0) is 25.7 Å². The van der Waals surface area contributed by atoms with E-state index in [0.717, 1.165) is 42.3 Å². The Morgan fingerprint density at radius 2 is 1.59 bits per heavy atom. The van der Waals surface area contributed by atoms with Crippen LogP contribution in [0.15, 0.2) is 40.4 Å². The minimum absolute atomic E-state index is 0.00591. The molecule has 0 bridgehead atoms. The highest BCUT2D eigenvalue weighted by Gasteiger charge is 2.40. The van der Waals surface area contributed by atoms with Crippen molar-refractivity contribution in [1.82, 2.24) is 25.3 Å². The van der Waals surface area contributed by atoms with Gasteiger partial charge in [-0.05, 0) is 82.0 Å². The molecule has 2 saturated heterocycles. The van der Waals surface area contributed by atoms with Gasteiger partial charge in [-0.1, -0.05) is 75.2 Å². The number of amides is 4. The Bertz CT molecular complexity index is 1260. The second kappa shape index (κ2) is 16.4. The summed E-state index contributed by atoms with van der Waals surface area (Å²) in [7, 11) is 1.75. The molecule has 4 amide bonds. The summed E-state index contributed by atoms with van der Waals surface area (Å²) in [4.78, 5) is 60.2. The quantitative estimate of drug-likeness (QED) is 0.306. The van der Waals surface area contributed by atoms with Crippen molar-refractivity contribution in [2.24, 2.45) is 11.3 Å². The predicted octanol–water partition coefficient (Wildman–Crippen LogP) is 5.28. The molecule has 10 heteroatoms. The standard InChI is InChI=1S/C36H56BrN5O4/c1-23(2)30(40(9)35(46)31(36(6,7)8)39-33(44)29-13-10-11-19-41(29)24(3)4)21-25(5)34(45)42-20-12-14-28(42)32(43)38-22-26-15-17-27(37)18-16-26/h15-18,21,23-24,28-31H,10-14,19-20,22H2,1-9H3,(H,38,43)(H,39,44)/b25-21+/t28-,29?,30+,31?/m0/s1. The van der Waals surface area contributed by atoms with Crippen molar-refractivity contribution < 1.29 is 19.2 Å². The molecule has 2 heterocycles. The number of benzene rings is 1. The Morgan fingerprint density at radius 1 is 0.957 bits per heavy atom. The van der Waals surface area contributed by atoms with Crippen molar-refractivity contribution in [1.29, 1.82) is 0 Å². The third kappa shape index (κ3) is 9.66. The topological polar surface area (TPSA) is 102 Å². The highest BCUT2D eigenvalue weighted by Crippen LogP contribution is 2.27. The number of likely N-dealkylation sites (tertiary alicyclic amines) is 2. The number of rotatable bonds is 11. The van der Waals surface area contributed by atoms with E-state index in [2.05, 4.69) is 45.3 Å². The summed E-state index contributed by atoms with van der Waals surface area (Å²) in [5, 5.41) is 6.13. The van der Waals surface area contributed by atoms with Gasteiger partial charge in [0.15, 0.2) is 0 Å². The summed E-state index contributed by atoms with van der Waals surface area (Å²) >= 11 is 3.43. The number of likely N-dealkylation sites (N-methyl/N-ethyl adjacent to an activating group) is 1. The molecule has 0 aliphatic carbocycles. The number of nitrogens with zero attached hydrogens (tertiary/aromatic N) is 3. The Kier molecular flexibility index (Phi) is 13.5. The molecule has 2 N–H and O–H groups in total. The van der Waals surface area contributed by atoms with E-state index in [1.165, 1.54) is 0 Å². The average molecular weight is 703 g/mol. The van der Waals surface area contributed by atoms with Gasteiger partial charge in [-0.2, -0.15) is 0 Å². The molecule has 4 atom stereocenters. The van der Waals surface area contributed by atoms with E-state index in [4.69, 9.17) is 0 Å². The molecule has 2 fully saturated rings. The summed E-state index contributed by atoms with van der Waals surface area (Å²) in [6, 6.07) is 6.11. The normalized spacial score (nSPS) is 20.9. The molecule has 2 aliphatic rings. The molecule has 0 aromatic heterocycles. The van der Waals surface area contributed by atoms with E-state index in [1.54, 1.807) is 23.8 Å². The number of carbonyl (C=O) groups is 4. The molecule has 1 aromatic carbocycles. The van der Waals surface area contributed by atoms with E-state index in [1.807, 2.05) is 65.0 Å². The Morgan fingerprint density at radius 3 is 2.17 bits per heavy atom. The van der Waals surface area contributed by atoms with Crippen LogP contribution in [-0.4, -0.2) is 88.7 Å². The van der Waals surface area contributed by atoms with E-state index < -0.39 is 17.5 Å². The lowest BCUT2D eigenvalue weighted by atomic mass is 9.84. The number of hydrogen-bond donors (Lipinski definition) is 2. The zero-order valence-electron chi connectivity index (χ0n) is 29.4. The number of hydrogen-bond acceptors (Lipinski definition) is 5. The van der Waals surface area contributed by atoms with Gasteiger partial charge in [-0.3, -0.25) is 24.1 Å². The van der Waals surface area contributed by atoms with Crippen LogP contribution in [0.5, 0.6) is 0 Å². The minimum Gasteiger partial charge on any atom is -0.350 e. The molecule has 0 saturated carbocycles. The second-order valence-corrected chi connectivity index (χ2v) is 15.6. The highest BCUT2D eigenvalue weighted by molar-refractivity contribution is 9.10. The maximum absolute atomic E-state index is 14.1. The molecule has 256 valence electrons. The monoisotopic (exact) mass is 701 g/mol. The number of piperidine rings is 1. The SMILES string of the molecule is C/C(=C\[C@H](C(C)C)N(C)C(=O)C(NC(=O)C1CCCCN1C(C)C)C(C)(C)C)C(=O)N1CCC[C@H]1C(=O)NCc1ccc(Br)cc1. The molecule has 1 aromatic rings. The van der Waals surface area contributed by atoms with Gasteiger partial charge in [-0.25, -0.2) is 0 Å². The molecule has 46 heavy (non-hydrogen) atoms. The van der Waals surface area contributed by atoms with Gasteiger partial charge < -0.3 is 20.4 Å². The third-order valence-corrected chi connectivity index (χ3v) is 9.87. The van der Waals surface area contributed by atoms with Crippen LogP contribution in [0.25, 0.3) is 0 Å². The van der Waals surface area contributed by atoms with E-state index in [9.17, 15) is 19.2 Å². The summed E-state index contributed by atoms with van der Waals surface area (Å²) < 4.78 is 0.973. The summed E-state index contributed by atoms with van der Waals surface area (Å²) in [6.45, 7) is 17.7. The maximum Gasteiger partial charge on any atom is 0.249 e. The molecule has 0 radical (unpaired) electrons. The summed E-state index contributed by atoms with van der Waals surface area (Å²) in [5.41, 5.74) is 0.953. The van der Waals surface area contributed by atoms with Gasteiger partial charge in [-0.15, -0.1) is 0 Å². The maximum atomic E-state index is 14.1. The molecule has 9 nitrogen and oxygen atoms in total. The molecular weight excluding hydrogens is 646 g/mol. The molecule has 0 spiro atoms. The van der Waals surface area contributed by atoms with E-state index >= 15 is 0 Å². The second-order valence-electron chi connectivity index (χ2n) is 14.7. The first kappa shape index (κ1) is 37.7. The lowest BCUT2D eigenvalue weighted by Gasteiger charge is -2.41. The zero-order chi connectivity index (χ0) is 34.3. The molecule has 3 rings (SSSR count). The van der Waals surface area contributed by atoms with Crippen molar-refractivity contribution in [3.05, 3.63) is 46.0 Å². The Hall–Kier alpha value is -2.72. The van der Waals surface area contributed by atoms with Gasteiger partial charge >= 0.3 is 0 Å². The number of carbonyl (C=O) groups excluding carboxylic acids is 4. The van der Waals surface area contributed by atoms with Crippen LogP contribution in [0.1, 0.15) is 93.1 Å². The fourth-order valence-electron chi connectivity index (χ4n) is 6.59. The van der Waals surface area contributed by atoms with Crippen molar-refractivity contribution in [2.75, 3.05) is 20.1 Å². The number of halogens is 1. The number of nitrogens with one attached hydrogen (secondary N) is 2. The van der Waals surface area contributed by atoms with Crippen LogP contribution in [0.4, 0.5) is 0 Å². The fourth-order valence-corrected chi connectivity index (χ4v) is 6.85. The average Bonchev–Trinajstić information content (AvgIpc) is 3.50. The van der Waals surface area contributed by atoms with Gasteiger partial charge in [0, 0.05) is 36.2 Å². The predicted molar refractivity (Wildman–Crippen MR) is 187 cm³/mol. The molecule has 2 unspecified atom stereocenters. The van der Waals surface area contributed by atoms with Crippen molar-refractivity contribution >= 4 is 39.6 Å². The molecule has 2 aliphatic heterocycles. The van der Waals surface area contributed by atoms with Gasteiger partial charge in [0.2, 0.25) is 23.6 Å². The zero-order valence-corrected chi connectivity index (χ0v) is 30.9. The first-order valence-corrected chi connectivity index (χ1v) is 17.7. The van der Waals surface area contributed by atoms with Crippen LogP contribution >= 0.6 is 15.9 Å². The Balaban J connectivity index is 1.74. The van der Waals surface area contributed by atoms with E-state index in [-0.39, 0.29) is 47.7 Å². The van der Waals surface area contributed by atoms with Crippen molar-refractivity contribution in [3.8, 4) is 0 Å². The van der Waals surface area contributed by atoms with Gasteiger partial charge in [0.25, 0.3) is 0 Å². The van der Waals surface area contributed by atoms with Crippen LogP contribution in [0.3, 0.4) is 0 Å². The first-order chi connectivity index (χ1) is 21.5. The Labute approximate surface area is 285 Å². The van der Waals surface area contributed by atoms with Crippen LogP contribution < -0.4 is 10.6 Å². The van der Waals surface area contributed by atoms with Gasteiger partial charge in [0.05, 0.1) is 12.1 Å². The lowest BCUT2D eigenvalue weighted by molar-refractivity contribution is -0.142. The van der Waals surface area contributed by atoms with Crippen LogP contribution in [0.2, 0.25) is 0 Å². The smallest absolute Gasteiger partial charge is 0.249 e. The molecular formula is C36H56BrN5O4. The summed E-state index contributed by atoms with van der Waals surface area (Å²) in [5.74, 6) is -0.635. The largest absolute Gasteiger partial charge is 0.350 e.